The lowest BCUT2D eigenvalue weighted by molar-refractivity contribution is 0.101. The summed E-state index contributed by atoms with van der Waals surface area (Å²) in [6.45, 7) is 4.39. The van der Waals surface area contributed by atoms with Crippen LogP contribution in [-0.4, -0.2) is 12.3 Å². The Labute approximate surface area is 86.5 Å². The van der Waals surface area contributed by atoms with Gasteiger partial charge in [-0.15, -0.1) is 0 Å². The van der Waals surface area contributed by atoms with Gasteiger partial charge in [-0.3, -0.25) is 4.79 Å². The lowest BCUT2D eigenvalue weighted by Crippen LogP contribution is -2.03. The first-order valence-corrected chi connectivity index (χ1v) is 4.98. The summed E-state index contributed by atoms with van der Waals surface area (Å²) in [4.78, 5) is 11.2. The number of benzene rings is 1. The summed E-state index contributed by atoms with van der Waals surface area (Å²) >= 11 is 3.36. The van der Waals surface area contributed by atoms with Gasteiger partial charge in [0.2, 0.25) is 0 Å². The number of Topliss-reactive ketones (excluding diaryl/α,β-unsaturated/α-hetero) is 1. The normalized spacial score (nSPS) is 9.77. The summed E-state index contributed by atoms with van der Waals surface area (Å²) in [6, 6.07) is 5.61. The van der Waals surface area contributed by atoms with Gasteiger partial charge in [0.1, 0.15) is 0 Å². The average molecular weight is 242 g/mol. The molecule has 0 bridgehead atoms. The second-order valence-corrected chi connectivity index (χ2v) is 3.69. The predicted octanol–water partition coefficient (Wildman–Crippen LogP) is 3.08. The molecule has 1 rings (SSSR count). The number of nitrogens with one attached hydrogen (secondary N) is 1. The summed E-state index contributed by atoms with van der Waals surface area (Å²) in [5, 5.41) is 3.15. The number of anilines is 1. The SMILES string of the molecule is CCNc1cc(Br)ccc1C(C)=O. The number of ketones is 1. The van der Waals surface area contributed by atoms with Crippen LogP contribution in [0.3, 0.4) is 0 Å². The van der Waals surface area contributed by atoms with Crippen LogP contribution in [0.2, 0.25) is 0 Å². The van der Waals surface area contributed by atoms with E-state index in [9.17, 15) is 4.79 Å². The van der Waals surface area contributed by atoms with Crippen LogP contribution >= 0.6 is 15.9 Å². The van der Waals surface area contributed by atoms with Gasteiger partial charge < -0.3 is 5.32 Å². The highest BCUT2D eigenvalue weighted by molar-refractivity contribution is 9.10. The van der Waals surface area contributed by atoms with Gasteiger partial charge in [-0.05, 0) is 32.0 Å². The molecule has 0 aliphatic rings. The van der Waals surface area contributed by atoms with Gasteiger partial charge in [0.05, 0.1) is 0 Å². The maximum atomic E-state index is 11.2. The molecule has 0 amide bonds. The third-order valence-corrected chi connectivity index (χ3v) is 2.22. The highest BCUT2D eigenvalue weighted by atomic mass is 79.9. The summed E-state index contributed by atoms with van der Waals surface area (Å²) in [5.41, 5.74) is 1.63. The fourth-order valence-corrected chi connectivity index (χ4v) is 1.52. The second-order valence-electron chi connectivity index (χ2n) is 2.78. The Kier molecular flexibility index (Phi) is 3.48. The molecule has 70 valence electrons. The molecule has 0 atom stereocenters. The number of halogens is 1. The van der Waals surface area contributed by atoms with Crippen LogP contribution in [0.5, 0.6) is 0 Å². The van der Waals surface area contributed by atoms with Crippen molar-refractivity contribution in [3.05, 3.63) is 28.2 Å². The van der Waals surface area contributed by atoms with E-state index in [1.807, 2.05) is 25.1 Å². The number of carbonyl (C=O) groups excluding carboxylic acids is 1. The standard InChI is InChI=1S/C10H12BrNO/c1-3-12-10-6-8(11)4-5-9(10)7(2)13/h4-6,12H,3H2,1-2H3. The van der Waals surface area contributed by atoms with E-state index in [-0.39, 0.29) is 5.78 Å². The number of hydrogen-bond acceptors (Lipinski definition) is 2. The van der Waals surface area contributed by atoms with Crippen molar-refractivity contribution in [1.82, 2.24) is 0 Å². The number of rotatable bonds is 3. The van der Waals surface area contributed by atoms with Crippen LogP contribution in [0, 0.1) is 0 Å². The van der Waals surface area contributed by atoms with Crippen LogP contribution in [0.25, 0.3) is 0 Å². The average Bonchev–Trinajstić information content (AvgIpc) is 2.04. The minimum Gasteiger partial charge on any atom is -0.385 e. The predicted molar refractivity (Wildman–Crippen MR) is 58.3 cm³/mol. The van der Waals surface area contributed by atoms with Gasteiger partial charge in [0.15, 0.2) is 5.78 Å². The van der Waals surface area contributed by atoms with Gasteiger partial charge in [-0.1, -0.05) is 15.9 Å². The van der Waals surface area contributed by atoms with Crippen LogP contribution in [0.1, 0.15) is 24.2 Å². The highest BCUT2D eigenvalue weighted by Crippen LogP contribution is 2.21. The molecular formula is C10H12BrNO. The number of carbonyl (C=O) groups is 1. The third kappa shape index (κ3) is 2.56. The molecule has 1 aromatic rings. The lowest BCUT2D eigenvalue weighted by Gasteiger charge is -2.08. The molecule has 2 nitrogen and oxygen atoms in total. The van der Waals surface area contributed by atoms with E-state index in [1.165, 1.54) is 0 Å². The van der Waals surface area contributed by atoms with Crippen molar-refractivity contribution in [3.63, 3.8) is 0 Å². The van der Waals surface area contributed by atoms with Crippen molar-refractivity contribution in [1.29, 1.82) is 0 Å². The zero-order valence-electron chi connectivity index (χ0n) is 7.73. The summed E-state index contributed by atoms with van der Waals surface area (Å²) in [5.74, 6) is 0.0865. The molecule has 3 heteroatoms. The van der Waals surface area contributed by atoms with Gasteiger partial charge >= 0.3 is 0 Å². The Hall–Kier alpha value is -0.830. The number of hydrogen-bond donors (Lipinski definition) is 1. The maximum absolute atomic E-state index is 11.2. The molecule has 0 fully saturated rings. The van der Waals surface area contributed by atoms with Crippen molar-refractivity contribution in [2.75, 3.05) is 11.9 Å². The Morgan fingerprint density at radius 1 is 1.54 bits per heavy atom. The second kappa shape index (κ2) is 4.42. The van der Waals surface area contributed by atoms with Crippen LogP contribution in [-0.2, 0) is 0 Å². The molecule has 0 spiro atoms. The quantitative estimate of drug-likeness (QED) is 0.825. The van der Waals surface area contributed by atoms with E-state index in [1.54, 1.807) is 6.92 Å². The van der Waals surface area contributed by atoms with Crippen LogP contribution < -0.4 is 5.32 Å². The molecule has 0 unspecified atom stereocenters. The van der Waals surface area contributed by atoms with Crippen molar-refractivity contribution in [3.8, 4) is 0 Å². The minimum atomic E-state index is 0.0865. The van der Waals surface area contributed by atoms with Crippen LogP contribution in [0.15, 0.2) is 22.7 Å². The Morgan fingerprint density at radius 3 is 2.77 bits per heavy atom. The molecule has 0 aliphatic heterocycles. The van der Waals surface area contributed by atoms with E-state index in [0.717, 1.165) is 22.3 Å². The fourth-order valence-electron chi connectivity index (χ4n) is 1.16. The van der Waals surface area contributed by atoms with Crippen molar-refractivity contribution < 1.29 is 4.79 Å². The molecule has 0 heterocycles. The summed E-state index contributed by atoms with van der Waals surface area (Å²) in [6.07, 6.45) is 0. The lowest BCUT2D eigenvalue weighted by atomic mass is 10.1. The van der Waals surface area contributed by atoms with E-state index >= 15 is 0 Å². The van der Waals surface area contributed by atoms with E-state index < -0.39 is 0 Å². The molecule has 1 aromatic carbocycles. The van der Waals surface area contributed by atoms with Gasteiger partial charge in [-0.2, -0.15) is 0 Å². The van der Waals surface area contributed by atoms with Crippen molar-refractivity contribution in [2.45, 2.75) is 13.8 Å². The fraction of sp³-hybridized carbons (Fsp3) is 0.300. The summed E-state index contributed by atoms with van der Waals surface area (Å²) < 4.78 is 0.980. The van der Waals surface area contributed by atoms with Gasteiger partial charge in [0.25, 0.3) is 0 Å². The Bertz CT molecular complexity index is 323. The van der Waals surface area contributed by atoms with E-state index in [4.69, 9.17) is 0 Å². The molecule has 0 radical (unpaired) electrons. The topological polar surface area (TPSA) is 29.1 Å². The monoisotopic (exact) mass is 241 g/mol. The smallest absolute Gasteiger partial charge is 0.161 e. The van der Waals surface area contributed by atoms with E-state index in [2.05, 4.69) is 21.2 Å². The molecular weight excluding hydrogens is 230 g/mol. The minimum absolute atomic E-state index is 0.0865. The van der Waals surface area contributed by atoms with Gasteiger partial charge in [0, 0.05) is 22.3 Å². The Balaban J connectivity index is 3.10. The zero-order chi connectivity index (χ0) is 9.84. The third-order valence-electron chi connectivity index (χ3n) is 1.73. The molecule has 0 aliphatic carbocycles. The first-order valence-electron chi connectivity index (χ1n) is 4.19. The zero-order valence-corrected chi connectivity index (χ0v) is 9.31. The first-order chi connectivity index (χ1) is 6.15. The Morgan fingerprint density at radius 2 is 2.23 bits per heavy atom. The van der Waals surface area contributed by atoms with Crippen LogP contribution in [0.4, 0.5) is 5.69 Å². The van der Waals surface area contributed by atoms with Crippen molar-refractivity contribution >= 4 is 27.4 Å². The molecule has 13 heavy (non-hydrogen) atoms. The summed E-state index contributed by atoms with van der Waals surface area (Å²) in [7, 11) is 0. The van der Waals surface area contributed by atoms with Gasteiger partial charge in [-0.25, -0.2) is 0 Å². The molecule has 0 aromatic heterocycles. The first kappa shape index (κ1) is 10.3. The largest absolute Gasteiger partial charge is 0.385 e. The molecule has 0 saturated heterocycles. The highest BCUT2D eigenvalue weighted by Gasteiger charge is 2.05. The maximum Gasteiger partial charge on any atom is 0.161 e. The molecule has 0 saturated carbocycles. The molecule has 1 N–H and O–H groups in total. The van der Waals surface area contributed by atoms with Crippen molar-refractivity contribution in [2.24, 2.45) is 0 Å². The van der Waals surface area contributed by atoms with E-state index in [0.29, 0.717) is 0 Å².